The van der Waals surface area contributed by atoms with Crippen LogP contribution in [0.3, 0.4) is 0 Å². The van der Waals surface area contributed by atoms with Gasteiger partial charge in [-0.3, -0.25) is 0 Å². The summed E-state index contributed by atoms with van der Waals surface area (Å²) in [5, 5.41) is 8.00. The van der Waals surface area contributed by atoms with Crippen LogP contribution in [0.25, 0.3) is 0 Å². The highest BCUT2D eigenvalue weighted by Gasteiger charge is 2.22. The van der Waals surface area contributed by atoms with E-state index >= 15 is 0 Å². The van der Waals surface area contributed by atoms with E-state index in [0.29, 0.717) is 13.2 Å². The van der Waals surface area contributed by atoms with Crippen molar-refractivity contribution < 1.29 is 9.53 Å². The molecule has 1 aliphatic rings. The zero-order valence-electron chi connectivity index (χ0n) is 11.9. The number of carbonyl (C=O) groups is 1. The zero-order valence-corrected chi connectivity index (χ0v) is 12.7. The normalized spacial score (nSPS) is 16.7. The predicted octanol–water partition coefficient (Wildman–Crippen LogP) is 3.38. The van der Waals surface area contributed by atoms with Gasteiger partial charge < -0.3 is 15.4 Å². The molecule has 2 heterocycles. The zero-order chi connectivity index (χ0) is 14.7. The lowest BCUT2D eigenvalue weighted by Gasteiger charge is -2.26. The summed E-state index contributed by atoms with van der Waals surface area (Å²) in [6.07, 6.45) is 0.794. The maximum Gasteiger partial charge on any atom is 0.315 e. The van der Waals surface area contributed by atoms with Crippen LogP contribution in [0.15, 0.2) is 35.7 Å². The van der Waals surface area contributed by atoms with Gasteiger partial charge in [-0.15, -0.1) is 11.3 Å². The van der Waals surface area contributed by atoms with Crippen LogP contribution in [-0.4, -0.2) is 12.6 Å². The molecule has 4 nitrogen and oxygen atoms in total. The van der Waals surface area contributed by atoms with Crippen LogP contribution in [0.1, 0.15) is 28.5 Å². The number of rotatable bonds is 3. The summed E-state index contributed by atoms with van der Waals surface area (Å²) in [6, 6.07) is 9.80. The molecule has 0 fully saturated rings. The minimum absolute atomic E-state index is 0.0133. The predicted molar refractivity (Wildman–Crippen MR) is 83.7 cm³/mol. The summed E-state index contributed by atoms with van der Waals surface area (Å²) in [5.41, 5.74) is 2.27. The Morgan fingerprint density at radius 2 is 2.24 bits per heavy atom. The van der Waals surface area contributed by atoms with Crippen LogP contribution >= 0.6 is 11.3 Å². The van der Waals surface area contributed by atoms with Gasteiger partial charge in [-0.1, -0.05) is 18.2 Å². The van der Waals surface area contributed by atoms with Crippen molar-refractivity contribution in [1.29, 1.82) is 0 Å². The molecule has 0 bridgehead atoms. The number of ether oxygens (including phenoxy) is 1. The minimum atomic E-state index is -0.135. The number of thiophene rings is 1. The first kappa shape index (κ1) is 13.9. The van der Waals surface area contributed by atoms with Gasteiger partial charge in [-0.05, 0) is 30.0 Å². The summed E-state index contributed by atoms with van der Waals surface area (Å²) < 4.78 is 5.60. The number of carbonyl (C=O) groups excluding carboxylic acids is 1. The lowest BCUT2D eigenvalue weighted by molar-refractivity contribution is 0.223. The Morgan fingerprint density at radius 1 is 1.38 bits per heavy atom. The Kier molecular flexibility index (Phi) is 4.10. The molecule has 5 heteroatoms. The smallest absolute Gasteiger partial charge is 0.315 e. The van der Waals surface area contributed by atoms with E-state index in [1.165, 1.54) is 10.4 Å². The Morgan fingerprint density at radius 3 is 3.05 bits per heavy atom. The maximum absolute atomic E-state index is 12.1. The molecule has 0 saturated carbocycles. The fourth-order valence-corrected chi connectivity index (χ4v) is 3.29. The van der Waals surface area contributed by atoms with Gasteiger partial charge >= 0.3 is 6.03 Å². The standard InChI is InChI=1S/C16H18N2O2S/c1-11-7-9-21-15(11)10-17-16(19)18-13-6-8-20-14-5-3-2-4-12(13)14/h2-5,7,9,13H,6,8,10H2,1H3,(H2,17,18,19)/t13-/m0/s1. The minimum Gasteiger partial charge on any atom is -0.493 e. The molecule has 0 saturated heterocycles. The largest absolute Gasteiger partial charge is 0.493 e. The molecular weight excluding hydrogens is 284 g/mol. The van der Waals surface area contributed by atoms with Gasteiger partial charge in [0, 0.05) is 16.9 Å². The van der Waals surface area contributed by atoms with E-state index in [9.17, 15) is 4.79 Å². The molecule has 0 unspecified atom stereocenters. The summed E-state index contributed by atoms with van der Waals surface area (Å²) >= 11 is 1.66. The Balaban J connectivity index is 1.60. The lowest BCUT2D eigenvalue weighted by Crippen LogP contribution is -2.39. The fraction of sp³-hybridized carbons (Fsp3) is 0.312. The summed E-state index contributed by atoms with van der Waals surface area (Å²) in [7, 11) is 0. The number of fused-ring (bicyclic) bond motifs is 1. The molecular formula is C16H18N2O2S. The molecule has 2 amide bonds. The first-order valence-electron chi connectivity index (χ1n) is 7.03. The first-order valence-corrected chi connectivity index (χ1v) is 7.91. The van der Waals surface area contributed by atoms with E-state index in [2.05, 4.69) is 23.6 Å². The number of aryl methyl sites for hydroxylation is 1. The molecule has 21 heavy (non-hydrogen) atoms. The van der Waals surface area contributed by atoms with Crippen molar-refractivity contribution in [3.8, 4) is 5.75 Å². The molecule has 1 atom stereocenters. The number of nitrogens with one attached hydrogen (secondary N) is 2. The summed E-state index contributed by atoms with van der Waals surface area (Å²) in [4.78, 5) is 13.3. The SMILES string of the molecule is Cc1ccsc1CNC(=O)N[C@H]1CCOc2ccccc21. The number of para-hydroxylation sites is 1. The van der Waals surface area contributed by atoms with Crippen molar-refractivity contribution in [1.82, 2.24) is 10.6 Å². The van der Waals surface area contributed by atoms with Gasteiger partial charge in [-0.2, -0.15) is 0 Å². The van der Waals surface area contributed by atoms with Gasteiger partial charge in [0.15, 0.2) is 0 Å². The number of hydrogen-bond acceptors (Lipinski definition) is 3. The van der Waals surface area contributed by atoms with Gasteiger partial charge in [0.25, 0.3) is 0 Å². The van der Waals surface area contributed by atoms with Crippen molar-refractivity contribution in [3.63, 3.8) is 0 Å². The van der Waals surface area contributed by atoms with Crippen LogP contribution in [0.2, 0.25) is 0 Å². The Labute approximate surface area is 128 Å². The fourth-order valence-electron chi connectivity index (χ4n) is 2.45. The van der Waals surface area contributed by atoms with Crippen LogP contribution < -0.4 is 15.4 Å². The monoisotopic (exact) mass is 302 g/mol. The molecule has 0 radical (unpaired) electrons. The molecule has 0 spiro atoms. The molecule has 0 aliphatic carbocycles. The quantitative estimate of drug-likeness (QED) is 0.913. The maximum atomic E-state index is 12.1. The highest BCUT2D eigenvalue weighted by atomic mass is 32.1. The number of benzene rings is 1. The van der Waals surface area contributed by atoms with E-state index < -0.39 is 0 Å². The van der Waals surface area contributed by atoms with Crippen molar-refractivity contribution in [2.75, 3.05) is 6.61 Å². The summed E-state index contributed by atoms with van der Waals surface area (Å²) in [6.45, 7) is 3.26. The number of amides is 2. The molecule has 2 aromatic rings. The second-order valence-corrected chi connectivity index (χ2v) is 6.08. The molecule has 3 rings (SSSR count). The van der Waals surface area contributed by atoms with Gasteiger partial charge in [0.1, 0.15) is 5.75 Å². The van der Waals surface area contributed by atoms with Crippen molar-refractivity contribution in [3.05, 3.63) is 51.7 Å². The molecule has 1 aromatic heterocycles. The average molecular weight is 302 g/mol. The third kappa shape index (κ3) is 3.19. The number of urea groups is 1. The molecule has 2 N–H and O–H groups in total. The second-order valence-electron chi connectivity index (χ2n) is 5.08. The Bertz CT molecular complexity index is 639. The van der Waals surface area contributed by atoms with E-state index in [4.69, 9.17) is 4.74 Å². The van der Waals surface area contributed by atoms with E-state index in [1.54, 1.807) is 11.3 Å². The van der Waals surface area contributed by atoms with E-state index in [1.807, 2.05) is 29.6 Å². The van der Waals surface area contributed by atoms with Crippen molar-refractivity contribution >= 4 is 17.4 Å². The third-order valence-electron chi connectivity index (χ3n) is 3.64. The molecule has 1 aliphatic heterocycles. The van der Waals surface area contributed by atoms with Crippen molar-refractivity contribution in [2.24, 2.45) is 0 Å². The van der Waals surface area contributed by atoms with Crippen LogP contribution in [0.4, 0.5) is 4.79 Å². The number of hydrogen-bond donors (Lipinski definition) is 2. The highest BCUT2D eigenvalue weighted by Crippen LogP contribution is 2.31. The van der Waals surface area contributed by atoms with Crippen LogP contribution in [0.5, 0.6) is 5.75 Å². The first-order chi connectivity index (χ1) is 10.2. The second kappa shape index (κ2) is 6.18. The van der Waals surface area contributed by atoms with Gasteiger partial charge in [0.2, 0.25) is 0 Å². The molecule has 1 aromatic carbocycles. The van der Waals surface area contributed by atoms with Crippen molar-refractivity contribution in [2.45, 2.75) is 25.9 Å². The van der Waals surface area contributed by atoms with Crippen LogP contribution in [0, 0.1) is 6.92 Å². The van der Waals surface area contributed by atoms with Gasteiger partial charge in [0.05, 0.1) is 19.2 Å². The lowest BCUT2D eigenvalue weighted by atomic mass is 10.0. The highest BCUT2D eigenvalue weighted by molar-refractivity contribution is 7.10. The average Bonchev–Trinajstić information content (AvgIpc) is 2.91. The van der Waals surface area contributed by atoms with Gasteiger partial charge in [-0.25, -0.2) is 4.79 Å². The van der Waals surface area contributed by atoms with Crippen LogP contribution in [-0.2, 0) is 6.54 Å². The third-order valence-corrected chi connectivity index (χ3v) is 4.66. The van der Waals surface area contributed by atoms with E-state index in [-0.39, 0.29) is 12.1 Å². The topological polar surface area (TPSA) is 50.4 Å². The van der Waals surface area contributed by atoms with E-state index in [0.717, 1.165) is 17.7 Å². The summed E-state index contributed by atoms with van der Waals surface area (Å²) in [5.74, 6) is 0.864. The molecule has 110 valence electrons. The Hall–Kier alpha value is -2.01.